The summed E-state index contributed by atoms with van der Waals surface area (Å²) >= 11 is 0. The minimum Gasteiger partial charge on any atom is -0.481 e. The van der Waals surface area contributed by atoms with E-state index in [1.54, 1.807) is 12.1 Å². The van der Waals surface area contributed by atoms with Crippen molar-refractivity contribution in [2.75, 3.05) is 18.5 Å². The molecular formula is C30H33N3O5. The number of fused-ring (bicyclic) bond motifs is 1. The van der Waals surface area contributed by atoms with Crippen molar-refractivity contribution < 1.29 is 23.8 Å². The Hall–Kier alpha value is -4.33. The highest BCUT2D eigenvalue weighted by Crippen LogP contribution is 2.30. The van der Waals surface area contributed by atoms with Gasteiger partial charge < -0.3 is 24.9 Å². The number of nitrogens with zero attached hydrogens (tertiary/aromatic N) is 1. The van der Waals surface area contributed by atoms with Crippen LogP contribution < -0.4 is 15.4 Å². The molecule has 0 fully saturated rings. The zero-order valence-electron chi connectivity index (χ0n) is 21.9. The van der Waals surface area contributed by atoms with Gasteiger partial charge in [0.05, 0.1) is 18.2 Å². The van der Waals surface area contributed by atoms with Crippen LogP contribution in [0.5, 0.6) is 5.88 Å². The van der Waals surface area contributed by atoms with E-state index in [1.165, 1.54) is 0 Å². The van der Waals surface area contributed by atoms with Gasteiger partial charge in [0, 0.05) is 34.8 Å². The minimum atomic E-state index is -0.948. The molecule has 38 heavy (non-hydrogen) atoms. The molecule has 0 unspecified atom stereocenters. The van der Waals surface area contributed by atoms with E-state index >= 15 is 0 Å². The first-order chi connectivity index (χ1) is 18.3. The fourth-order valence-corrected chi connectivity index (χ4v) is 4.12. The molecule has 2 aromatic heterocycles. The molecule has 0 aliphatic carbocycles. The zero-order chi connectivity index (χ0) is 27.1. The number of rotatable bonds is 12. The van der Waals surface area contributed by atoms with Gasteiger partial charge in [-0.05, 0) is 55.3 Å². The molecule has 0 aliphatic heterocycles. The predicted octanol–water partition coefficient (Wildman–Crippen LogP) is 5.91. The number of para-hydroxylation sites is 1. The number of furan rings is 1. The van der Waals surface area contributed by atoms with Gasteiger partial charge in [-0.25, -0.2) is 4.98 Å². The molecule has 3 N–H and O–H groups in total. The summed E-state index contributed by atoms with van der Waals surface area (Å²) in [6.07, 6.45) is 0.849. The second-order valence-electron chi connectivity index (χ2n) is 9.36. The summed E-state index contributed by atoms with van der Waals surface area (Å²) in [5.74, 6) is 0.402. The number of amides is 1. The maximum Gasteiger partial charge on any atom is 0.305 e. The standard InChI is InChI=1S/C30H33N3O5/c1-4-19(2)25(33-23-11-9-21(10-12-23)30(36)31-16-15-29(34)35)18-37-28-14-13-24(20(3)32-28)27-17-22-7-5-6-8-26(22)38-27/h5-14,17,19,25,33H,4,15-16,18H2,1-3H3,(H,31,36)(H,34,35)/t19-,25+/m0/s1. The molecule has 1 amide bonds. The average Bonchev–Trinajstić information content (AvgIpc) is 3.34. The van der Waals surface area contributed by atoms with Crippen LogP contribution in [0.25, 0.3) is 22.3 Å². The van der Waals surface area contributed by atoms with Crippen LogP contribution >= 0.6 is 0 Å². The van der Waals surface area contributed by atoms with E-state index in [-0.39, 0.29) is 24.9 Å². The normalized spacial score (nSPS) is 12.6. The van der Waals surface area contributed by atoms with E-state index in [2.05, 4.69) is 29.5 Å². The van der Waals surface area contributed by atoms with Crippen molar-refractivity contribution in [3.63, 3.8) is 0 Å². The summed E-state index contributed by atoms with van der Waals surface area (Å²) in [6, 6.07) is 20.9. The number of aromatic nitrogens is 1. The van der Waals surface area contributed by atoms with Gasteiger partial charge in [-0.15, -0.1) is 0 Å². The molecule has 2 heterocycles. The van der Waals surface area contributed by atoms with Gasteiger partial charge in [0.15, 0.2) is 0 Å². The molecule has 0 bridgehead atoms. The van der Waals surface area contributed by atoms with E-state index in [1.807, 2.05) is 61.5 Å². The lowest BCUT2D eigenvalue weighted by Gasteiger charge is -2.25. The van der Waals surface area contributed by atoms with E-state index in [0.717, 1.165) is 40.1 Å². The maximum absolute atomic E-state index is 12.2. The first-order valence-corrected chi connectivity index (χ1v) is 12.8. The molecule has 0 saturated heterocycles. The number of benzene rings is 2. The second kappa shape index (κ2) is 12.3. The van der Waals surface area contributed by atoms with Gasteiger partial charge in [0.2, 0.25) is 5.88 Å². The van der Waals surface area contributed by atoms with Crippen LogP contribution in [0.1, 0.15) is 42.7 Å². The highest BCUT2D eigenvalue weighted by molar-refractivity contribution is 5.94. The smallest absolute Gasteiger partial charge is 0.305 e. The number of nitrogens with one attached hydrogen (secondary N) is 2. The Morgan fingerprint density at radius 3 is 2.53 bits per heavy atom. The third kappa shape index (κ3) is 6.70. The van der Waals surface area contributed by atoms with Crippen LogP contribution in [-0.2, 0) is 4.79 Å². The maximum atomic E-state index is 12.2. The number of carbonyl (C=O) groups excluding carboxylic acids is 1. The van der Waals surface area contributed by atoms with E-state index in [0.29, 0.717) is 24.0 Å². The summed E-state index contributed by atoms with van der Waals surface area (Å²) in [4.78, 5) is 27.5. The van der Waals surface area contributed by atoms with Gasteiger partial charge in [0.25, 0.3) is 5.91 Å². The SMILES string of the molecule is CC[C@H](C)[C@@H](COc1ccc(-c2cc3ccccc3o2)c(C)n1)Nc1ccc(C(=O)NCCC(=O)O)cc1. The Kier molecular flexibility index (Phi) is 8.63. The summed E-state index contributed by atoms with van der Waals surface area (Å²) in [6.45, 7) is 6.75. The topological polar surface area (TPSA) is 114 Å². The summed E-state index contributed by atoms with van der Waals surface area (Å²) in [7, 11) is 0. The van der Waals surface area contributed by atoms with Crippen molar-refractivity contribution in [1.29, 1.82) is 0 Å². The van der Waals surface area contributed by atoms with Crippen molar-refractivity contribution in [3.8, 4) is 17.2 Å². The number of carboxylic acids is 1. The molecule has 0 spiro atoms. The first-order valence-electron chi connectivity index (χ1n) is 12.8. The van der Waals surface area contributed by atoms with Crippen molar-refractivity contribution in [1.82, 2.24) is 10.3 Å². The van der Waals surface area contributed by atoms with Gasteiger partial charge in [0.1, 0.15) is 18.0 Å². The predicted molar refractivity (Wildman–Crippen MR) is 148 cm³/mol. The minimum absolute atomic E-state index is 0.0207. The Morgan fingerprint density at radius 2 is 1.84 bits per heavy atom. The van der Waals surface area contributed by atoms with Crippen LogP contribution in [0.4, 0.5) is 5.69 Å². The molecule has 0 aliphatic rings. The molecular weight excluding hydrogens is 482 g/mol. The zero-order valence-corrected chi connectivity index (χ0v) is 21.9. The summed E-state index contributed by atoms with van der Waals surface area (Å²) in [5, 5.41) is 15.9. The monoisotopic (exact) mass is 515 g/mol. The fraction of sp³-hybridized carbons (Fsp3) is 0.300. The number of hydrogen-bond donors (Lipinski definition) is 3. The number of hydrogen-bond acceptors (Lipinski definition) is 6. The Bertz CT molecular complexity index is 1360. The molecule has 0 radical (unpaired) electrons. The number of ether oxygens (including phenoxy) is 1. The van der Waals surface area contributed by atoms with Gasteiger partial charge >= 0.3 is 5.97 Å². The largest absolute Gasteiger partial charge is 0.481 e. The number of carbonyl (C=O) groups is 2. The molecule has 2 atom stereocenters. The molecule has 4 rings (SSSR count). The summed E-state index contributed by atoms with van der Waals surface area (Å²) in [5.41, 5.74) is 3.94. The lowest BCUT2D eigenvalue weighted by atomic mass is 9.99. The van der Waals surface area contributed by atoms with E-state index in [4.69, 9.17) is 14.3 Å². The Balaban J connectivity index is 1.38. The molecule has 2 aromatic carbocycles. The number of aryl methyl sites for hydroxylation is 1. The van der Waals surface area contributed by atoms with Crippen LogP contribution in [0.15, 0.2) is 71.1 Å². The van der Waals surface area contributed by atoms with Crippen molar-refractivity contribution >= 4 is 28.5 Å². The Morgan fingerprint density at radius 1 is 1.08 bits per heavy atom. The highest BCUT2D eigenvalue weighted by Gasteiger charge is 2.18. The molecule has 4 aromatic rings. The Labute approximate surface area is 222 Å². The average molecular weight is 516 g/mol. The van der Waals surface area contributed by atoms with Crippen molar-refractivity contribution in [2.24, 2.45) is 5.92 Å². The van der Waals surface area contributed by atoms with Crippen LogP contribution in [0, 0.1) is 12.8 Å². The quantitative estimate of drug-likeness (QED) is 0.215. The number of aliphatic carboxylic acids is 1. The van der Waals surface area contributed by atoms with Gasteiger partial charge in [-0.3, -0.25) is 9.59 Å². The summed E-state index contributed by atoms with van der Waals surface area (Å²) < 4.78 is 12.1. The first kappa shape index (κ1) is 26.7. The van der Waals surface area contributed by atoms with Gasteiger partial charge in [-0.2, -0.15) is 0 Å². The number of carboxylic acid groups (broad SMARTS) is 1. The lowest BCUT2D eigenvalue weighted by molar-refractivity contribution is -0.136. The molecule has 0 saturated carbocycles. The van der Waals surface area contributed by atoms with E-state index in [9.17, 15) is 9.59 Å². The third-order valence-corrected chi connectivity index (χ3v) is 6.62. The third-order valence-electron chi connectivity index (χ3n) is 6.62. The lowest BCUT2D eigenvalue weighted by Crippen LogP contribution is -2.33. The van der Waals surface area contributed by atoms with Crippen LogP contribution in [-0.4, -0.2) is 41.2 Å². The molecule has 8 heteroatoms. The van der Waals surface area contributed by atoms with Crippen LogP contribution in [0.2, 0.25) is 0 Å². The van der Waals surface area contributed by atoms with Crippen molar-refractivity contribution in [2.45, 2.75) is 39.7 Å². The second-order valence-corrected chi connectivity index (χ2v) is 9.36. The highest BCUT2D eigenvalue weighted by atomic mass is 16.5. The van der Waals surface area contributed by atoms with E-state index < -0.39 is 5.97 Å². The molecule has 8 nitrogen and oxygen atoms in total. The fourth-order valence-electron chi connectivity index (χ4n) is 4.12. The number of pyridine rings is 1. The van der Waals surface area contributed by atoms with Crippen molar-refractivity contribution in [3.05, 3.63) is 78.0 Å². The van der Waals surface area contributed by atoms with Crippen LogP contribution in [0.3, 0.4) is 0 Å². The molecule has 198 valence electrons. The number of anilines is 1. The van der Waals surface area contributed by atoms with Gasteiger partial charge in [-0.1, -0.05) is 38.5 Å².